The molecule has 1 aliphatic carbocycles. The predicted octanol–water partition coefficient (Wildman–Crippen LogP) is 0.00370. The second kappa shape index (κ2) is 6.21. The summed E-state index contributed by atoms with van der Waals surface area (Å²) in [6, 6.07) is -0.455. The first-order chi connectivity index (χ1) is 9.60. The first-order valence-corrected chi connectivity index (χ1v) is 6.99. The van der Waals surface area contributed by atoms with Gasteiger partial charge >= 0.3 is 6.03 Å². The van der Waals surface area contributed by atoms with Gasteiger partial charge < -0.3 is 15.0 Å². The lowest BCUT2D eigenvalue weighted by molar-refractivity contribution is -0.128. The van der Waals surface area contributed by atoms with Crippen molar-refractivity contribution in [2.24, 2.45) is 0 Å². The molecule has 7 heteroatoms. The van der Waals surface area contributed by atoms with Crippen molar-refractivity contribution in [1.82, 2.24) is 15.5 Å². The maximum Gasteiger partial charge on any atom is 0.325 e. The molecule has 1 saturated heterocycles. The molecule has 2 aliphatic rings. The number of urea groups is 1. The second-order valence-corrected chi connectivity index (χ2v) is 5.28. The van der Waals surface area contributed by atoms with E-state index in [-0.39, 0.29) is 18.4 Å². The Morgan fingerprint density at radius 2 is 2.10 bits per heavy atom. The summed E-state index contributed by atoms with van der Waals surface area (Å²) in [5.41, 5.74) is -0.791. The van der Waals surface area contributed by atoms with Gasteiger partial charge in [-0.1, -0.05) is 12.8 Å². The smallest absolute Gasteiger partial charge is 0.325 e. The molecule has 20 heavy (non-hydrogen) atoms. The van der Waals surface area contributed by atoms with E-state index in [0.29, 0.717) is 26.0 Å². The zero-order chi connectivity index (χ0) is 14.6. The molecule has 4 amide bonds. The van der Waals surface area contributed by atoms with Crippen molar-refractivity contribution in [1.29, 1.82) is 0 Å². The van der Waals surface area contributed by atoms with Crippen molar-refractivity contribution in [3.8, 4) is 0 Å². The molecule has 0 unspecified atom stereocenters. The molecule has 0 aromatic heterocycles. The first-order valence-electron chi connectivity index (χ1n) is 6.99. The molecular weight excluding hydrogens is 262 g/mol. The van der Waals surface area contributed by atoms with Crippen LogP contribution in [0.5, 0.6) is 0 Å². The Bertz CT molecular complexity index is 404. The van der Waals surface area contributed by atoms with Crippen LogP contribution < -0.4 is 10.6 Å². The number of hydrogen-bond acceptors (Lipinski definition) is 4. The fraction of sp³-hybridized carbons (Fsp3) is 0.769. The average Bonchev–Trinajstić information content (AvgIpc) is 2.98. The summed E-state index contributed by atoms with van der Waals surface area (Å²) >= 11 is 0. The standard InChI is InChI=1S/C13H21N3O4/c1-20-8-4-7-14-10(17)9-16-12(19)15-11(18)13(16)5-2-3-6-13/h2-9H2,1H3,(H,14,17)(H,15,18,19). The van der Waals surface area contributed by atoms with E-state index in [0.717, 1.165) is 19.3 Å². The monoisotopic (exact) mass is 283 g/mol. The Balaban J connectivity index is 1.91. The van der Waals surface area contributed by atoms with Crippen LogP contribution in [0.4, 0.5) is 4.79 Å². The lowest BCUT2D eigenvalue weighted by atomic mass is 9.96. The third kappa shape index (κ3) is 2.77. The average molecular weight is 283 g/mol. The van der Waals surface area contributed by atoms with Gasteiger partial charge in [0.1, 0.15) is 12.1 Å². The number of carbonyl (C=O) groups excluding carboxylic acids is 3. The van der Waals surface area contributed by atoms with Crippen molar-refractivity contribution in [3.63, 3.8) is 0 Å². The van der Waals surface area contributed by atoms with Crippen LogP contribution in [-0.2, 0) is 14.3 Å². The topological polar surface area (TPSA) is 87.7 Å². The number of nitrogens with one attached hydrogen (secondary N) is 2. The number of hydrogen-bond donors (Lipinski definition) is 2. The molecule has 2 rings (SSSR count). The summed E-state index contributed by atoms with van der Waals surface area (Å²) in [6.07, 6.45) is 3.82. The Kier molecular flexibility index (Phi) is 4.59. The molecule has 1 heterocycles. The summed E-state index contributed by atoms with van der Waals surface area (Å²) in [7, 11) is 1.60. The van der Waals surface area contributed by atoms with Gasteiger partial charge in [-0.3, -0.25) is 14.9 Å². The van der Waals surface area contributed by atoms with Crippen LogP contribution in [0.3, 0.4) is 0 Å². The maximum atomic E-state index is 12.0. The van der Waals surface area contributed by atoms with Crippen LogP contribution >= 0.6 is 0 Å². The third-order valence-corrected chi connectivity index (χ3v) is 3.98. The number of methoxy groups -OCH3 is 1. The summed E-state index contributed by atoms with van der Waals surface area (Å²) < 4.78 is 4.89. The van der Waals surface area contributed by atoms with E-state index < -0.39 is 11.6 Å². The maximum absolute atomic E-state index is 12.0. The van der Waals surface area contributed by atoms with Gasteiger partial charge in [0.05, 0.1) is 0 Å². The SMILES string of the molecule is COCCCNC(=O)CN1C(=O)NC(=O)C12CCCC2. The van der Waals surface area contributed by atoms with Gasteiger partial charge in [0.25, 0.3) is 5.91 Å². The second-order valence-electron chi connectivity index (χ2n) is 5.28. The van der Waals surface area contributed by atoms with E-state index in [2.05, 4.69) is 10.6 Å². The van der Waals surface area contributed by atoms with Crippen LogP contribution in [0, 0.1) is 0 Å². The van der Waals surface area contributed by atoms with Crippen molar-refractivity contribution < 1.29 is 19.1 Å². The van der Waals surface area contributed by atoms with E-state index >= 15 is 0 Å². The molecule has 0 aromatic carbocycles. The molecule has 0 atom stereocenters. The minimum Gasteiger partial charge on any atom is -0.385 e. The summed E-state index contributed by atoms with van der Waals surface area (Å²) in [4.78, 5) is 37.1. The van der Waals surface area contributed by atoms with Gasteiger partial charge in [0.15, 0.2) is 0 Å². The van der Waals surface area contributed by atoms with Crippen molar-refractivity contribution in [3.05, 3.63) is 0 Å². The van der Waals surface area contributed by atoms with Crippen molar-refractivity contribution in [2.45, 2.75) is 37.6 Å². The highest BCUT2D eigenvalue weighted by Crippen LogP contribution is 2.38. The lowest BCUT2D eigenvalue weighted by Gasteiger charge is -2.30. The highest BCUT2D eigenvalue weighted by atomic mass is 16.5. The number of nitrogens with zero attached hydrogens (tertiary/aromatic N) is 1. The molecule has 0 radical (unpaired) electrons. The van der Waals surface area contributed by atoms with Crippen molar-refractivity contribution >= 4 is 17.8 Å². The zero-order valence-electron chi connectivity index (χ0n) is 11.7. The number of amides is 4. The molecule has 0 bridgehead atoms. The molecule has 1 spiro atoms. The Labute approximate surface area is 118 Å². The highest BCUT2D eigenvalue weighted by molar-refractivity contribution is 6.08. The van der Waals surface area contributed by atoms with Gasteiger partial charge in [-0.05, 0) is 19.3 Å². The van der Waals surface area contributed by atoms with Crippen LogP contribution in [0.2, 0.25) is 0 Å². The summed E-state index contributed by atoms with van der Waals surface area (Å²) in [5.74, 6) is -0.496. The van der Waals surface area contributed by atoms with Crippen LogP contribution in [0.1, 0.15) is 32.1 Å². The van der Waals surface area contributed by atoms with Crippen LogP contribution in [0.15, 0.2) is 0 Å². The quantitative estimate of drug-likeness (QED) is 0.531. The number of rotatable bonds is 6. The van der Waals surface area contributed by atoms with Crippen molar-refractivity contribution in [2.75, 3.05) is 26.8 Å². The number of imide groups is 1. The molecule has 1 aliphatic heterocycles. The van der Waals surface area contributed by atoms with E-state index in [1.54, 1.807) is 7.11 Å². The van der Waals surface area contributed by atoms with E-state index in [1.165, 1.54) is 4.90 Å². The zero-order valence-corrected chi connectivity index (χ0v) is 11.7. The molecule has 1 saturated carbocycles. The van der Waals surface area contributed by atoms with Gasteiger partial charge in [-0.15, -0.1) is 0 Å². The number of carbonyl (C=O) groups is 3. The van der Waals surface area contributed by atoms with E-state index in [4.69, 9.17) is 4.74 Å². The van der Waals surface area contributed by atoms with Gasteiger partial charge in [0.2, 0.25) is 5.91 Å². The summed E-state index contributed by atoms with van der Waals surface area (Å²) in [6.45, 7) is 1.01. The normalized spacial score (nSPS) is 20.6. The fourth-order valence-electron chi connectivity index (χ4n) is 2.92. The van der Waals surface area contributed by atoms with Gasteiger partial charge in [0, 0.05) is 20.3 Å². The number of ether oxygens (including phenoxy) is 1. The third-order valence-electron chi connectivity index (χ3n) is 3.98. The van der Waals surface area contributed by atoms with Crippen LogP contribution in [0.25, 0.3) is 0 Å². The molecule has 112 valence electrons. The molecule has 0 aromatic rings. The lowest BCUT2D eigenvalue weighted by Crippen LogP contribution is -2.51. The van der Waals surface area contributed by atoms with E-state index in [9.17, 15) is 14.4 Å². The molecule has 2 N–H and O–H groups in total. The first kappa shape index (κ1) is 14.8. The molecule has 2 fully saturated rings. The van der Waals surface area contributed by atoms with Gasteiger partial charge in [-0.25, -0.2) is 4.79 Å². The van der Waals surface area contributed by atoms with E-state index in [1.807, 2.05) is 0 Å². The Hall–Kier alpha value is -1.63. The highest BCUT2D eigenvalue weighted by Gasteiger charge is 2.54. The Morgan fingerprint density at radius 1 is 1.40 bits per heavy atom. The summed E-state index contributed by atoms with van der Waals surface area (Å²) in [5, 5.41) is 5.06. The minimum atomic E-state index is -0.791. The molecule has 7 nitrogen and oxygen atoms in total. The fourth-order valence-corrected chi connectivity index (χ4v) is 2.92. The van der Waals surface area contributed by atoms with Crippen LogP contribution in [-0.4, -0.2) is 55.1 Å². The predicted molar refractivity (Wildman–Crippen MR) is 70.9 cm³/mol. The Morgan fingerprint density at radius 3 is 2.75 bits per heavy atom. The van der Waals surface area contributed by atoms with Gasteiger partial charge in [-0.2, -0.15) is 0 Å². The minimum absolute atomic E-state index is 0.0649. The largest absolute Gasteiger partial charge is 0.385 e. The molecular formula is C13H21N3O4.